The monoisotopic (exact) mass is 588 g/mol. The molecule has 0 saturated heterocycles. The van der Waals surface area contributed by atoms with E-state index < -0.39 is 0 Å². The molecule has 2 heterocycles. The van der Waals surface area contributed by atoms with Crippen LogP contribution in [0, 0.1) is 5.82 Å². The molecule has 7 heteroatoms. The number of thiazole rings is 1. The molecule has 5 nitrogen and oxygen atoms in total. The first-order valence-corrected chi connectivity index (χ1v) is 15.2. The molecule has 0 spiro atoms. The fourth-order valence-electron chi connectivity index (χ4n) is 5.86. The van der Waals surface area contributed by atoms with Crippen molar-refractivity contribution in [2.75, 3.05) is 6.61 Å². The molecule has 0 radical (unpaired) electrons. The van der Waals surface area contributed by atoms with Gasteiger partial charge in [-0.15, -0.1) is 0 Å². The summed E-state index contributed by atoms with van der Waals surface area (Å²) in [5.74, 6) is 0.962. The van der Waals surface area contributed by atoms with E-state index in [1.54, 1.807) is 16.7 Å². The van der Waals surface area contributed by atoms with Gasteiger partial charge < -0.3 is 9.47 Å². The van der Waals surface area contributed by atoms with Gasteiger partial charge in [-0.2, -0.15) is 0 Å². The average Bonchev–Trinajstić information content (AvgIpc) is 3.34. The van der Waals surface area contributed by atoms with Crippen LogP contribution in [-0.2, 0) is 13.0 Å². The average molecular weight is 589 g/mol. The summed E-state index contributed by atoms with van der Waals surface area (Å²) in [6.45, 7) is 2.84. The summed E-state index contributed by atoms with van der Waals surface area (Å²) in [5.41, 5.74) is 7.00. The van der Waals surface area contributed by atoms with E-state index in [-0.39, 0.29) is 17.4 Å². The molecule has 214 valence electrons. The van der Waals surface area contributed by atoms with Gasteiger partial charge in [0.05, 0.1) is 22.9 Å². The highest BCUT2D eigenvalue weighted by molar-refractivity contribution is 7.07. The highest BCUT2D eigenvalue weighted by Crippen LogP contribution is 2.41. The normalized spacial score (nSPS) is 15.8. The van der Waals surface area contributed by atoms with Crippen LogP contribution >= 0.6 is 11.3 Å². The Morgan fingerprint density at radius 3 is 2.53 bits per heavy atom. The second kappa shape index (κ2) is 11.5. The minimum atomic E-state index is -0.352. The molecule has 0 fully saturated rings. The lowest BCUT2D eigenvalue weighted by atomic mass is 9.83. The summed E-state index contributed by atoms with van der Waals surface area (Å²) in [4.78, 5) is 19.8. The van der Waals surface area contributed by atoms with Crippen molar-refractivity contribution in [2.24, 2.45) is 4.99 Å². The topological polar surface area (TPSA) is 52.8 Å². The van der Waals surface area contributed by atoms with Gasteiger partial charge in [0.15, 0.2) is 16.3 Å². The number of hydrogen-bond acceptors (Lipinski definition) is 5. The zero-order valence-electron chi connectivity index (χ0n) is 23.6. The number of halogens is 1. The molecule has 0 unspecified atom stereocenters. The maximum absolute atomic E-state index is 14.1. The lowest BCUT2D eigenvalue weighted by Gasteiger charge is -2.30. The van der Waals surface area contributed by atoms with Crippen molar-refractivity contribution < 1.29 is 13.9 Å². The number of aromatic nitrogens is 1. The summed E-state index contributed by atoms with van der Waals surface area (Å²) >= 11 is 1.37. The Hall–Kier alpha value is -4.75. The number of rotatable bonds is 7. The van der Waals surface area contributed by atoms with E-state index in [0.29, 0.717) is 34.0 Å². The van der Waals surface area contributed by atoms with Crippen molar-refractivity contribution in [2.45, 2.75) is 32.4 Å². The van der Waals surface area contributed by atoms with Crippen LogP contribution in [-0.4, -0.2) is 11.2 Å². The second-order valence-corrected chi connectivity index (χ2v) is 11.6. The van der Waals surface area contributed by atoms with Crippen molar-refractivity contribution >= 4 is 23.1 Å². The first-order chi connectivity index (χ1) is 21.1. The van der Waals surface area contributed by atoms with E-state index in [4.69, 9.17) is 14.5 Å². The van der Waals surface area contributed by atoms with Crippen molar-refractivity contribution in [3.63, 3.8) is 0 Å². The third-order valence-electron chi connectivity index (χ3n) is 7.86. The number of aryl methyl sites for hydroxylation is 1. The van der Waals surface area contributed by atoms with E-state index in [1.165, 1.54) is 29.0 Å². The van der Waals surface area contributed by atoms with Crippen molar-refractivity contribution in [1.29, 1.82) is 0 Å². The molecule has 0 bridgehead atoms. The van der Waals surface area contributed by atoms with Gasteiger partial charge in [-0.05, 0) is 77.9 Å². The van der Waals surface area contributed by atoms with Gasteiger partial charge in [0.2, 0.25) is 0 Å². The minimum absolute atomic E-state index is 0.120. The van der Waals surface area contributed by atoms with Gasteiger partial charge in [-0.3, -0.25) is 9.36 Å². The molecule has 43 heavy (non-hydrogen) atoms. The highest BCUT2D eigenvalue weighted by atomic mass is 32.1. The van der Waals surface area contributed by atoms with Gasteiger partial charge >= 0.3 is 0 Å². The lowest BCUT2D eigenvalue weighted by molar-refractivity contribution is 0.269. The Morgan fingerprint density at radius 1 is 0.930 bits per heavy atom. The molecule has 0 saturated carbocycles. The smallest absolute Gasteiger partial charge is 0.271 e. The quantitative estimate of drug-likeness (QED) is 0.220. The Balaban J connectivity index is 1.32. The molecule has 5 aromatic rings. The van der Waals surface area contributed by atoms with Gasteiger partial charge in [0.25, 0.3) is 5.56 Å². The first kappa shape index (κ1) is 27.1. The summed E-state index contributed by atoms with van der Waals surface area (Å²) in [6.07, 6.45) is 3.53. The largest absolute Gasteiger partial charge is 0.490 e. The Morgan fingerprint density at radius 2 is 1.72 bits per heavy atom. The van der Waals surface area contributed by atoms with E-state index in [0.717, 1.165) is 46.4 Å². The van der Waals surface area contributed by atoms with Gasteiger partial charge in [0, 0.05) is 5.56 Å². The maximum Gasteiger partial charge on any atom is 0.271 e. The predicted molar refractivity (Wildman–Crippen MR) is 168 cm³/mol. The van der Waals surface area contributed by atoms with Crippen LogP contribution in [0.15, 0.2) is 112 Å². The third-order valence-corrected chi connectivity index (χ3v) is 8.84. The van der Waals surface area contributed by atoms with E-state index in [2.05, 4.69) is 12.1 Å². The summed E-state index contributed by atoms with van der Waals surface area (Å²) in [6, 6.07) is 30.1. The zero-order valence-corrected chi connectivity index (χ0v) is 24.4. The number of fused-ring (bicyclic) bond motifs is 3. The van der Waals surface area contributed by atoms with Crippen LogP contribution in [0.4, 0.5) is 4.39 Å². The van der Waals surface area contributed by atoms with Crippen LogP contribution < -0.4 is 24.4 Å². The van der Waals surface area contributed by atoms with Crippen LogP contribution in [0.25, 0.3) is 11.8 Å². The molecule has 1 aliphatic heterocycles. The van der Waals surface area contributed by atoms with Crippen LogP contribution in [0.3, 0.4) is 0 Å². The second-order valence-electron chi connectivity index (χ2n) is 10.6. The molecule has 2 aliphatic rings. The van der Waals surface area contributed by atoms with E-state index >= 15 is 0 Å². The molecule has 7 rings (SSSR count). The van der Waals surface area contributed by atoms with Crippen molar-refractivity contribution in [1.82, 2.24) is 4.57 Å². The van der Waals surface area contributed by atoms with Gasteiger partial charge in [0.1, 0.15) is 12.4 Å². The molecule has 4 aromatic carbocycles. The standard InChI is InChI=1S/C36H29FN2O3S/c1-2-41-31-20-24(12-19-30(31)42-22-23-8-4-3-5-9-23)21-32-35(40)39-34(26-13-16-27(37)17-14-26)29-18-15-25-10-6-7-11-28(25)33(29)38-36(39)43-32/h3-14,16-17,19-21,34H,2,15,18,22H2,1H3/b32-21+/t34-/m0/s1. The Labute approximate surface area is 252 Å². The minimum Gasteiger partial charge on any atom is -0.490 e. The number of benzene rings is 4. The number of hydrogen-bond donors (Lipinski definition) is 0. The SMILES string of the molecule is CCOc1cc(/C=c2/sc3n(c2=O)[C@@H](c2ccc(F)cc2)C2=C(N=3)c3ccccc3CC2)ccc1OCc1ccccc1. The maximum atomic E-state index is 14.1. The Bertz CT molecular complexity index is 2030. The number of ether oxygens (including phenoxy) is 2. The summed E-state index contributed by atoms with van der Waals surface area (Å²) < 4.78 is 28.3. The molecular weight excluding hydrogens is 559 g/mol. The van der Waals surface area contributed by atoms with Crippen LogP contribution in [0.1, 0.15) is 47.2 Å². The first-order valence-electron chi connectivity index (χ1n) is 14.4. The van der Waals surface area contributed by atoms with Crippen molar-refractivity contribution in [3.8, 4) is 11.5 Å². The summed E-state index contributed by atoms with van der Waals surface area (Å²) in [7, 11) is 0. The molecule has 1 aromatic heterocycles. The highest BCUT2D eigenvalue weighted by Gasteiger charge is 2.32. The van der Waals surface area contributed by atoms with E-state index in [1.807, 2.05) is 73.7 Å². The lowest BCUT2D eigenvalue weighted by Crippen LogP contribution is -2.38. The zero-order chi connectivity index (χ0) is 29.3. The fraction of sp³-hybridized carbons (Fsp3) is 0.167. The number of allylic oxidation sites excluding steroid dienone is 1. The molecule has 1 aliphatic carbocycles. The number of nitrogens with zero attached hydrogens (tertiary/aromatic N) is 2. The summed E-state index contributed by atoms with van der Waals surface area (Å²) in [5, 5.41) is 0. The van der Waals surface area contributed by atoms with Gasteiger partial charge in [-0.1, -0.05) is 84.1 Å². The molecule has 0 amide bonds. The van der Waals surface area contributed by atoms with E-state index in [9.17, 15) is 9.18 Å². The fourth-order valence-corrected chi connectivity index (χ4v) is 6.86. The molecular formula is C36H29FN2O3S. The Kier molecular flexibility index (Phi) is 7.25. The molecule has 0 N–H and O–H groups in total. The predicted octanol–water partition coefficient (Wildman–Crippen LogP) is 6.44. The van der Waals surface area contributed by atoms with Crippen molar-refractivity contribution in [3.05, 3.63) is 156 Å². The third kappa shape index (κ3) is 5.21. The van der Waals surface area contributed by atoms with Gasteiger partial charge in [-0.25, -0.2) is 9.38 Å². The van der Waals surface area contributed by atoms with Crippen LogP contribution in [0.2, 0.25) is 0 Å². The van der Waals surface area contributed by atoms with Crippen LogP contribution in [0.5, 0.6) is 11.5 Å². The molecule has 1 atom stereocenters.